The van der Waals surface area contributed by atoms with Gasteiger partial charge in [-0.2, -0.15) is 8.78 Å². The Hall–Kier alpha value is -1.38. The summed E-state index contributed by atoms with van der Waals surface area (Å²) in [6.07, 6.45) is 0.547. The van der Waals surface area contributed by atoms with Gasteiger partial charge in [-0.25, -0.2) is 14.7 Å². The standard InChI is InChI=1S/C7H9F2N3O3S/c1-2-3-12-5(15)10-11-6(12)16-7(8,9)4(13)14/h2-3H2,1H3,(H,10,15)(H,13,14). The van der Waals surface area contributed by atoms with E-state index in [1.807, 2.05) is 5.10 Å². The van der Waals surface area contributed by atoms with Crippen LogP contribution in [0.2, 0.25) is 0 Å². The van der Waals surface area contributed by atoms with Crippen LogP contribution in [-0.4, -0.2) is 31.1 Å². The minimum Gasteiger partial charge on any atom is -0.476 e. The van der Waals surface area contributed by atoms with Gasteiger partial charge in [0.25, 0.3) is 0 Å². The number of H-pyrrole nitrogens is 1. The van der Waals surface area contributed by atoms with E-state index in [-0.39, 0.29) is 23.5 Å². The SMILES string of the molecule is CCCn1c(SC(F)(F)C(=O)O)n[nH]c1=O. The number of aromatic nitrogens is 3. The number of halogens is 2. The highest BCUT2D eigenvalue weighted by Gasteiger charge is 2.42. The molecule has 0 aliphatic heterocycles. The van der Waals surface area contributed by atoms with E-state index in [1.54, 1.807) is 6.92 Å². The molecule has 0 bridgehead atoms. The van der Waals surface area contributed by atoms with Crippen LogP contribution in [0.15, 0.2) is 9.95 Å². The highest BCUT2D eigenvalue weighted by molar-refractivity contribution is 8.00. The molecule has 0 aliphatic carbocycles. The minimum atomic E-state index is -4.00. The Morgan fingerprint density at radius 3 is 2.81 bits per heavy atom. The van der Waals surface area contributed by atoms with Gasteiger partial charge in [0.1, 0.15) is 0 Å². The Kier molecular flexibility index (Phi) is 3.68. The molecule has 0 saturated heterocycles. The van der Waals surface area contributed by atoms with Gasteiger partial charge in [0.2, 0.25) is 0 Å². The molecular weight excluding hydrogens is 244 g/mol. The second-order valence-corrected chi connectivity index (χ2v) is 3.97. The van der Waals surface area contributed by atoms with Crippen LogP contribution in [0.25, 0.3) is 0 Å². The molecule has 1 aromatic heterocycles. The topological polar surface area (TPSA) is 88.0 Å². The molecule has 1 aromatic rings. The molecule has 90 valence electrons. The van der Waals surface area contributed by atoms with Crippen molar-refractivity contribution in [1.82, 2.24) is 14.8 Å². The summed E-state index contributed by atoms with van der Waals surface area (Å²) in [7, 11) is 0. The Morgan fingerprint density at radius 1 is 1.69 bits per heavy atom. The molecule has 16 heavy (non-hydrogen) atoms. The van der Waals surface area contributed by atoms with Crippen molar-refractivity contribution in [2.75, 3.05) is 0 Å². The zero-order valence-electron chi connectivity index (χ0n) is 8.24. The smallest absolute Gasteiger partial charge is 0.395 e. The molecule has 0 aromatic carbocycles. The largest absolute Gasteiger partial charge is 0.476 e. The molecule has 0 saturated carbocycles. The first-order valence-electron chi connectivity index (χ1n) is 4.34. The molecular formula is C7H9F2N3O3S. The molecule has 1 rings (SSSR count). The number of nitrogens with one attached hydrogen (secondary N) is 1. The second kappa shape index (κ2) is 4.64. The second-order valence-electron chi connectivity index (χ2n) is 2.89. The fourth-order valence-electron chi connectivity index (χ4n) is 0.960. The van der Waals surface area contributed by atoms with Crippen LogP contribution in [0.1, 0.15) is 13.3 Å². The zero-order valence-corrected chi connectivity index (χ0v) is 9.05. The van der Waals surface area contributed by atoms with Crippen molar-refractivity contribution in [3.05, 3.63) is 10.5 Å². The quantitative estimate of drug-likeness (QED) is 0.756. The predicted molar refractivity (Wildman–Crippen MR) is 51.6 cm³/mol. The molecule has 0 fully saturated rings. The molecule has 0 radical (unpaired) electrons. The minimum absolute atomic E-state index is 0.202. The average Bonchev–Trinajstić information content (AvgIpc) is 2.49. The van der Waals surface area contributed by atoms with E-state index in [2.05, 4.69) is 5.10 Å². The van der Waals surface area contributed by atoms with Crippen molar-refractivity contribution in [2.24, 2.45) is 0 Å². The molecule has 2 N–H and O–H groups in total. The number of carboxylic acid groups (broad SMARTS) is 1. The van der Waals surface area contributed by atoms with Gasteiger partial charge in [-0.15, -0.1) is 5.10 Å². The number of carbonyl (C=O) groups is 1. The van der Waals surface area contributed by atoms with E-state index in [0.29, 0.717) is 6.42 Å². The highest BCUT2D eigenvalue weighted by atomic mass is 32.2. The first kappa shape index (κ1) is 12.7. The lowest BCUT2D eigenvalue weighted by atomic mass is 10.5. The van der Waals surface area contributed by atoms with Gasteiger partial charge in [-0.3, -0.25) is 4.57 Å². The lowest BCUT2D eigenvalue weighted by Gasteiger charge is -2.09. The van der Waals surface area contributed by atoms with E-state index in [0.717, 1.165) is 4.57 Å². The number of alkyl halides is 2. The van der Waals surface area contributed by atoms with E-state index in [1.165, 1.54) is 0 Å². The average molecular weight is 253 g/mol. The molecule has 0 atom stereocenters. The van der Waals surface area contributed by atoms with Gasteiger partial charge in [-0.1, -0.05) is 6.92 Å². The number of nitrogens with zero attached hydrogens (tertiary/aromatic N) is 2. The normalized spacial score (nSPS) is 11.7. The van der Waals surface area contributed by atoms with E-state index in [4.69, 9.17) is 5.11 Å². The zero-order chi connectivity index (χ0) is 12.3. The Balaban J connectivity index is 2.97. The highest BCUT2D eigenvalue weighted by Crippen LogP contribution is 2.34. The fourth-order valence-corrected chi connectivity index (χ4v) is 1.65. The summed E-state index contributed by atoms with van der Waals surface area (Å²) in [6, 6.07) is 0. The Morgan fingerprint density at radius 2 is 2.31 bits per heavy atom. The molecule has 6 nitrogen and oxygen atoms in total. The van der Waals surface area contributed by atoms with Crippen LogP contribution in [0.5, 0.6) is 0 Å². The van der Waals surface area contributed by atoms with Crippen LogP contribution in [0.3, 0.4) is 0 Å². The Bertz CT molecular complexity index is 442. The summed E-state index contributed by atoms with van der Waals surface area (Å²) in [5.74, 6) is -2.27. The summed E-state index contributed by atoms with van der Waals surface area (Å²) >= 11 is -0.271. The third-order valence-corrected chi connectivity index (χ3v) is 2.56. The van der Waals surface area contributed by atoms with Gasteiger partial charge in [0.05, 0.1) is 0 Å². The predicted octanol–water partition coefficient (Wildman–Crippen LogP) is 0.751. The van der Waals surface area contributed by atoms with Gasteiger partial charge in [0, 0.05) is 18.3 Å². The van der Waals surface area contributed by atoms with Crippen molar-refractivity contribution in [3.8, 4) is 0 Å². The number of carboxylic acids is 1. The third-order valence-electron chi connectivity index (χ3n) is 1.64. The van der Waals surface area contributed by atoms with Crippen LogP contribution >= 0.6 is 11.8 Å². The van der Waals surface area contributed by atoms with E-state index in [9.17, 15) is 18.4 Å². The van der Waals surface area contributed by atoms with Crippen LogP contribution in [-0.2, 0) is 11.3 Å². The first-order valence-corrected chi connectivity index (χ1v) is 5.15. The van der Waals surface area contributed by atoms with E-state index < -0.39 is 16.9 Å². The lowest BCUT2D eigenvalue weighted by molar-refractivity contribution is -0.152. The molecule has 0 unspecified atom stereocenters. The Labute approximate surface area is 92.7 Å². The molecule has 9 heteroatoms. The molecule has 0 amide bonds. The van der Waals surface area contributed by atoms with Gasteiger partial charge >= 0.3 is 16.9 Å². The number of thioether (sulfide) groups is 1. The van der Waals surface area contributed by atoms with Crippen molar-refractivity contribution in [3.63, 3.8) is 0 Å². The van der Waals surface area contributed by atoms with Crippen molar-refractivity contribution in [1.29, 1.82) is 0 Å². The maximum Gasteiger partial charge on any atom is 0.395 e. The van der Waals surface area contributed by atoms with Gasteiger partial charge in [-0.05, 0) is 6.42 Å². The number of aromatic amines is 1. The van der Waals surface area contributed by atoms with Crippen molar-refractivity contribution in [2.45, 2.75) is 30.3 Å². The van der Waals surface area contributed by atoms with Crippen molar-refractivity contribution < 1.29 is 18.7 Å². The van der Waals surface area contributed by atoms with E-state index >= 15 is 0 Å². The van der Waals surface area contributed by atoms with Gasteiger partial charge < -0.3 is 5.11 Å². The summed E-state index contributed by atoms with van der Waals surface area (Å²) in [5, 5.41) is 9.24. The first-order chi connectivity index (χ1) is 7.38. The molecule has 0 aliphatic rings. The van der Waals surface area contributed by atoms with Crippen molar-refractivity contribution >= 4 is 17.7 Å². The van der Waals surface area contributed by atoms with Crippen LogP contribution in [0.4, 0.5) is 8.78 Å². The van der Waals surface area contributed by atoms with Crippen LogP contribution < -0.4 is 5.69 Å². The number of hydrogen-bond donors (Lipinski definition) is 2. The fraction of sp³-hybridized carbons (Fsp3) is 0.571. The number of hydrogen-bond acceptors (Lipinski definition) is 4. The summed E-state index contributed by atoms with van der Waals surface area (Å²) in [6.45, 7) is 1.95. The van der Waals surface area contributed by atoms with Gasteiger partial charge in [0.15, 0.2) is 5.16 Å². The summed E-state index contributed by atoms with van der Waals surface area (Å²) in [4.78, 5) is 21.3. The maximum atomic E-state index is 12.9. The summed E-state index contributed by atoms with van der Waals surface area (Å²) < 4.78 is 26.7. The number of rotatable bonds is 5. The monoisotopic (exact) mass is 253 g/mol. The lowest BCUT2D eigenvalue weighted by Crippen LogP contribution is -2.25. The molecule has 0 spiro atoms. The summed E-state index contributed by atoms with van der Waals surface area (Å²) in [5.41, 5.74) is -0.634. The molecule has 1 heterocycles. The maximum absolute atomic E-state index is 12.9. The third kappa shape index (κ3) is 2.60. The number of aliphatic carboxylic acids is 1. The van der Waals surface area contributed by atoms with Crippen LogP contribution in [0, 0.1) is 0 Å².